The number of hydrogen-bond donors (Lipinski definition) is 0. The van der Waals surface area contributed by atoms with E-state index >= 15 is 0 Å². The molecule has 7 aromatic carbocycles. The zero-order valence-corrected chi connectivity index (χ0v) is 31.1. The minimum Gasteiger partial charge on any atom is -0.455 e. The van der Waals surface area contributed by atoms with Crippen LogP contribution in [0.5, 0.6) is 0 Å². The molecule has 0 aliphatic heterocycles. The molecule has 264 valence electrons. The number of rotatable bonds is 9. The van der Waals surface area contributed by atoms with E-state index < -0.39 is 0 Å². The maximum atomic E-state index is 6.45. The van der Waals surface area contributed by atoms with Crippen LogP contribution >= 0.6 is 0 Å². The van der Waals surface area contributed by atoms with Gasteiger partial charge in [-0.05, 0) is 98.1 Å². The lowest BCUT2D eigenvalue weighted by Gasteiger charge is -2.23. The molecule has 0 spiro atoms. The molecule has 1 aliphatic carbocycles. The van der Waals surface area contributed by atoms with Crippen molar-refractivity contribution in [1.82, 2.24) is 0 Å². The Kier molecular flexibility index (Phi) is 8.72. The van der Waals surface area contributed by atoms with Crippen LogP contribution in [0.4, 0.5) is 5.69 Å². The molecular formula is C53H41NO. The van der Waals surface area contributed by atoms with Crippen LogP contribution in [0.25, 0.3) is 66.8 Å². The van der Waals surface area contributed by atoms with Crippen LogP contribution in [0.15, 0.2) is 211 Å². The topological polar surface area (TPSA) is 16.4 Å². The molecule has 0 amide bonds. The lowest BCUT2D eigenvalue weighted by atomic mass is 9.81. The van der Waals surface area contributed by atoms with E-state index in [1.54, 1.807) is 0 Å². The maximum Gasteiger partial charge on any atom is 0.143 e. The number of furan rings is 1. The van der Waals surface area contributed by atoms with E-state index in [4.69, 9.17) is 4.42 Å². The molecule has 0 bridgehead atoms. The minimum absolute atomic E-state index is 0.0621. The van der Waals surface area contributed by atoms with Gasteiger partial charge in [0.05, 0.1) is 0 Å². The zero-order chi connectivity index (χ0) is 37.4. The van der Waals surface area contributed by atoms with Crippen LogP contribution in [-0.4, -0.2) is 0 Å². The quantitative estimate of drug-likeness (QED) is 0.139. The summed E-state index contributed by atoms with van der Waals surface area (Å²) in [6.07, 6.45) is 19.2. The summed E-state index contributed by atoms with van der Waals surface area (Å²) < 4.78 is 6.45. The molecule has 1 heterocycles. The maximum absolute atomic E-state index is 6.45. The first-order valence-electron chi connectivity index (χ1n) is 18.9. The second-order valence-corrected chi connectivity index (χ2v) is 14.6. The Hall–Kier alpha value is -6.90. The molecular weight excluding hydrogens is 667 g/mol. The fourth-order valence-electron chi connectivity index (χ4n) is 8.02. The molecule has 1 aromatic heterocycles. The SMILES string of the molecule is C=C/C=C\C(=C\c1ccc2oc3c4ccccc4ccc3c2c1)N(/C=C/C=C\C1=Cc2ccccc2C1(C)C)c1cccc(-c2cccc3ccccc23)c1. The molecule has 1 aliphatic rings. The first-order chi connectivity index (χ1) is 27.0. The highest BCUT2D eigenvalue weighted by Gasteiger charge is 2.30. The molecule has 0 saturated carbocycles. The van der Waals surface area contributed by atoms with Crippen molar-refractivity contribution in [2.75, 3.05) is 4.90 Å². The predicted molar refractivity (Wildman–Crippen MR) is 236 cm³/mol. The number of fused-ring (bicyclic) bond motifs is 7. The molecule has 2 nitrogen and oxygen atoms in total. The van der Waals surface area contributed by atoms with Gasteiger partial charge in [-0.2, -0.15) is 0 Å². The molecule has 0 N–H and O–H groups in total. The van der Waals surface area contributed by atoms with Gasteiger partial charge >= 0.3 is 0 Å². The van der Waals surface area contributed by atoms with E-state index in [1.807, 2.05) is 12.2 Å². The van der Waals surface area contributed by atoms with Gasteiger partial charge in [-0.1, -0.05) is 166 Å². The Bertz CT molecular complexity index is 2920. The van der Waals surface area contributed by atoms with Gasteiger partial charge in [-0.25, -0.2) is 0 Å². The third-order valence-corrected chi connectivity index (χ3v) is 10.9. The number of anilines is 1. The van der Waals surface area contributed by atoms with Crippen LogP contribution in [0.1, 0.15) is 30.5 Å². The van der Waals surface area contributed by atoms with E-state index in [-0.39, 0.29) is 5.41 Å². The summed E-state index contributed by atoms with van der Waals surface area (Å²) in [4.78, 5) is 2.26. The zero-order valence-electron chi connectivity index (χ0n) is 31.1. The summed E-state index contributed by atoms with van der Waals surface area (Å²) >= 11 is 0. The van der Waals surface area contributed by atoms with Crippen LogP contribution in [0.2, 0.25) is 0 Å². The van der Waals surface area contributed by atoms with Gasteiger partial charge in [0, 0.05) is 39.2 Å². The average Bonchev–Trinajstić information content (AvgIpc) is 3.72. The van der Waals surface area contributed by atoms with Crippen molar-refractivity contribution >= 4 is 61.3 Å². The number of hydrogen-bond acceptors (Lipinski definition) is 2. The average molecular weight is 708 g/mol. The second-order valence-electron chi connectivity index (χ2n) is 14.6. The van der Waals surface area contributed by atoms with E-state index in [0.29, 0.717) is 0 Å². The first-order valence-corrected chi connectivity index (χ1v) is 18.9. The molecule has 2 heteroatoms. The molecule has 0 atom stereocenters. The van der Waals surface area contributed by atoms with Gasteiger partial charge in [-0.15, -0.1) is 0 Å². The van der Waals surface area contributed by atoms with Crippen LogP contribution in [0, 0.1) is 0 Å². The van der Waals surface area contributed by atoms with Crippen LogP contribution in [-0.2, 0) is 5.41 Å². The van der Waals surface area contributed by atoms with Crippen molar-refractivity contribution in [2.24, 2.45) is 0 Å². The van der Waals surface area contributed by atoms with E-state index in [1.165, 1.54) is 38.4 Å². The fourth-order valence-corrected chi connectivity index (χ4v) is 8.02. The first kappa shape index (κ1) is 33.9. The highest BCUT2D eigenvalue weighted by atomic mass is 16.3. The summed E-state index contributed by atoms with van der Waals surface area (Å²) in [5.41, 5.74) is 11.1. The third kappa shape index (κ3) is 6.32. The van der Waals surface area contributed by atoms with E-state index in [0.717, 1.165) is 49.8 Å². The van der Waals surface area contributed by atoms with Crippen molar-refractivity contribution in [3.05, 3.63) is 223 Å². The lowest BCUT2D eigenvalue weighted by Crippen LogP contribution is -2.16. The van der Waals surface area contributed by atoms with Crippen LogP contribution < -0.4 is 4.90 Å². The summed E-state index contributed by atoms with van der Waals surface area (Å²) in [6, 6.07) is 51.8. The lowest BCUT2D eigenvalue weighted by molar-refractivity contribution is 0.655. The second kappa shape index (κ2) is 14.2. The Labute approximate surface area is 322 Å². The Morgan fingerprint density at radius 3 is 2.27 bits per heavy atom. The highest BCUT2D eigenvalue weighted by molar-refractivity contribution is 6.15. The van der Waals surface area contributed by atoms with Gasteiger partial charge < -0.3 is 9.32 Å². The smallest absolute Gasteiger partial charge is 0.143 e. The molecule has 0 saturated heterocycles. The monoisotopic (exact) mass is 707 g/mol. The standard InChI is InChI=1S/C53H41NO/c1-4-5-22-43(33-37-28-31-51-49(34-37)48-30-29-39-17-7-10-25-47(39)52(48)55-51)54(32-13-12-21-42-35-41-18-8-11-27-50(41)53(42,2)3)44-23-14-20-40(36-44)46-26-15-19-38-16-6-9-24-45(38)46/h4-36H,1H2,2-3H3/b21-12-,22-5-,32-13+,43-33-. The highest BCUT2D eigenvalue weighted by Crippen LogP contribution is 2.42. The summed E-state index contributed by atoms with van der Waals surface area (Å²) in [5, 5.41) is 6.96. The fraction of sp³-hybridized carbons (Fsp3) is 0.0566. The molecule has 55 heavy (non-hydrogen) atoms. The minimum atomic E-state index is -0.0621. The number of allylic oxidation sites excluding steroid dienone is 7. The Morgan fingerprint density at radius 1 is 0.655 bits per heavy atom. The third-order valence-electron chi connectivity index (χ3n) is 10.9. The molecule has 8 aromatic rings. The van der Waals surface area contributed by atoms with Gasteiger partial charge in [0.2, 0.25) is 0 Å². The predicted octanol–water partition coefficient (Wildman–Crippen LogP) is 14.6. The summed E-state index contributed by atoms with van der Waals surface area (Å²) in [6.45, 7) is 8.62. The van der Waals surface area contributed by atoms with Gasteiger partial charge in [0.25, 0.3) is 0 Å². The van der Waals surface area contributed by atoms with Crippen molar-refractivity contribution in [3.63, 3.8) is 0 Å². The van der Waals surface area contributed by atoms with E-state index in [2.05, 4.69) is 214 Å². The molecule has 0 fully saturated rings. The largest absolute Gasteiger partial charge is 0.455 e. The van der Waals surface area contributed by atoms with Crippen LogP contribution in [0.3, 0.4) is 0 Å². The van der Waals surface area contributed by atoms with Gasteiger partial charge in [0.15, 0.2) is 0 Å². The number of nitrogens with zero attached hydrogens (tertiary/aromatic N) is 1. The molecule has 0 radical (unpaired) electrons. The van der Waals surface area contributed by atoms with Crippen molar-refractivity contribution in [1.29, 1.82) is 0 Å². The van der Waals surface area contributed by atoms with Crippen molar-refractivity contribution in [2.45, 2.75) is 19.3 Å². The summed E-state index contributed by atoms with van der Waals surface area (Å²) in [5.74, 6) is 0. The van der Waals surface area contributed by atoms with Gasteiger partial charge in [-0.3, -0.25) is 0 Å². The van der Waals surface area contributed by atoms with Crippen molar-refractivity contribution in [3.8, 4) is 11.1 Å². The molecule has 9 rings (SSSR count). The number of benzene rings is 7. The Morgan fingerprint density at radius 2 is 1.42 bits per heavy atom. The summed E-state index contributed by atoms with van der Waals surface area (Å²) in [7, 11) is 0. The van der Waals surface area contributed by atoms with Gasteiger partial charge in [0.1, 0.15) is 11.2 Å². The molecule has 0 unspecified atom stereocenters. The Balaban J connectivity index is 1.15. The van der Waals surface area contributed by atoms with Crippen molar-refractivity contribution < 1.29 is 4.42 Å². The normalized spacial score (nSPS) is 14.2. The van der Waals surface area contributed by atoms with E-state index in [9.17, 15) is 0 Å².